The molecule has 0 aromatic heterocycles. The molecule has 13 heavy (non-hydrogen) atoms. The molecule has 0 spiro atoms. The van der Waals surface area contributed by atoms with Crippen LogP contribution in [0.2, 0.25) is 0 Å². The molecular weight excluding hydrogens is 158 g/mol. The van der Waals surface area contributed by atoms with E-state index in [1.54, 1.807) is 0 Å². The van der Waals surface area contributed by atoms with Gasteiger partial charge in [-0.15, -0.1) is 0 Å². The average Bonchev–Trinajstić information content (AvgIpc) is 2.74. The molecule has 2 aliphatic rings. The molecule has 2 rings (SSSR count). The van der Waals surface area contributed by atoms with Crippen LogP contribution in [0.25, 0.3) is 0 Å². The summed E-state index contributed by atoms with van der Waals surface area (Å²) in [4.78, 5) is 2.71. The second-order valence-electron chi connectivity index (χ2n) is 5.74. The van der Waals surface area contributed by atoms with Gasteiger partial charge in [-0.05, 0) is 37.0 Å². The molecule has 1 aliphatic heterocycles. The highest BCUT2D eigenvalue weighted by Gasteiger charge is 2.46. The van der Waals surface area contributed by atoms with Crippen LogP contribution >= 0.6 is 0 Å². The molecule has 1 nitrogen and oxygen atoms in total. The first kappa shape index (κ1) is 9.51. The first-order valence-corrected chi connectivity index (χ1v) is 5.77. The van der Waals surface area contributed by atoms with Crippen molar-refractivity contribution in [3.05, 3.63) is 0 Å². The zero-order chi connectivity index (χ0) is 9.64. The van der Waals surface area contributed by atoms with Crippen LogP contribution in [0, 0.1) is 17.3 Å². The second-order valence-corrected chi connectivity index (χ2v) is 5.74. The Labute approximate surface area is 82.5 Å². The summed E-state index contributed by atoms with van der Waals surface area (Å²) >= 11 is 0. The standard InChI is InChI=1S/C12H23N/c1-9-7-13(8-10(9)2)11(3)12(4)5-6-12/h9-11H,5-8H2,1-4H3. The van der Waals surface area contributed by atoms with Crippen molar-refractivity contribution in [3.63, 3.8) is 0 Å². The third-order valence-electron chi connectivity index (χ3n) is 4.61. The lowest BCUT2D eigenvalue weighted by Gasteiger charge is -2.29. The lowest BCUT2D eigenvalue weighted by Crippen LogP contribution is -2.37. The fourth-order valence-electron chi connectivity index (χ4n) is 2.55. The van der Waals surface area contributed by atoms with Crippen LogP contribution in [-0.4, -0.2) is 24.0 Å². The molecule has 1 heteroatoms. The highest BCUT2D eigenvalue weighted by molar-refractivity contribution is 4.99. The maximum Gasteiger partial charge on any atom is 0.0121 e. The molecule has 1 saturated heterocycles. The molecule has 1 aliphatic carbocycles. The maximum atomic E-state index is 2.71. The largest absolute Gasteiger partial charge is 0.300 e. The van der Waals surface area contributed by atoms with E-state index >= 15 is 0 Å². The van der Waals surface area contributed by atoms with Gasteiger partial charge >= 0.3 is 0 Å². The first-order chi connectivity index (χ1) is 6.03. The molecule has 3 unspecified atom stereocenters. The fraction of sp³-hybridized carbons (Fsp3) is 1.00. The van der Waals surface area contributed by atoms with Gasteiger partial charge < -0.3 is 0 Å². The molecule has 1 heterocycles. The Morgan fingerprint density at radius 1 is 1.15 bits per heavy atom. The molecule has 76 valence electrons. The van der Waals surface area contributed by atoms with Crippen molar-refractivity contribution >= 4 is 0 Å². The predicted molar refractivity (Wildman–Crippen MR) is 56.7 cm³/mol. The van der Waals surface area contributed by atoms with E-state index < -0.39 is 0 Å². The minimum atomic E-state index is 0.670. The van der Waals surface area contributed by atoms with E-state index in [4.69, 9.17) is 0 Å². The van der Waals surface area contributed by atoms with Gasteiger partial charge in [-0.2, -0.15) is 0 Å². The lowest BCUT2D eigenvalue weighted by molar-refractivity contribution is 0.177. The first-order valence-electron chi connectivity index (χ1n) is 5.77. The SMILES string of the molecule is CC1CN(C(C)C2(C)CC2)CC1C. The van der Waals surface area contributed by atoms with Gasteiger partial charge in [-0.25, -0.2) is 0 Å². The van der Waals surface area contributed by atoms with Crippen LogP contribution in [0.3, 0.4) is 0 Å². The molecule has 0 radical (unpaired) electrons. The normalized spacial score (nSPS) is 40.6. The van der Waals surface area contributed by atoms with E-state index in [0.717, 1.165) is 17.9 Å². The van der Waals surface area contributed by atoms with E-state index in [-0.39, 0.29) is 0 Å². The smallest absolute Gasteiger partial charge is 0.0121 e. The number of nitrogens with zero attached hydrogens (tertiary/aromatic N) is 1. The second kappa shape index (κ2) is 2.98. The zero-order valence-corrected chi connectivity index (χ0v) is 9.51. The summed E-state index contributed by atoms with van der Waals surface area (Å²) in [5, 5.41) is 0. The molecule has 1 saturated carbocycles. The molecule has 0 bridgehead atoms. The van der Waals surface area contributed by atoms with Crippen LogP contribution < -0.4 is 0 Å². The Bertz CT molecular complexity index is 185. The van der Waals surface area contributed by atoms with Crippen molar-refractivity contribution in [2.75, 3.05) is 13.1 Å². The van der Waals surface area contributed by atoms with Crippen molar-refractivity contribution < 1.29 is 0 Å². The lowest BCUT2D eigenvalue weighted by atomic mass is 9.99. The van der Waals surface area contributed by atoms with Gasteiger partial charge in [0.25, 0.3) is 0 Å². The predicted octanol–water partition coefficient (Wildman–Crippen LogP) is 2.76. The van der Waals surface area contributed by atoms with Crippen LogP contribution in [0.4, 0.5) is 0 Å². The van der Waals surface area contributed by atoms with Crippen molar-refractivity contribution in [1.82, 2.24) is 4.90 Å². The zero-order valence-electron chi connectivity index (χ0n) is 9.51. The molecule has 0 amide bonds. The molecule has 0 aromatic carbocycles. The van der Waals surface area contributed by atoms with Crippen LogP contribution in [0.15, 0.2) is 0 Å². The summed E-state index contributed by atoms with van der Waals surface area (Å²) in [5.74, 6) is 1.81. The summed E-state index contributed by atoms with van der Waals surface area (Å²) in [7, 11) is 0. The van der Waals surface area contributed by atoms with Gasteiger partial charge in [0.15, 0.2) is 0 Å². The van der Waals surface area contributed by atoms with E-state index in [1.807, 2.05) is 0 Å². The monoisotopic (exact) mass is 181 g/mol. The van der Waals surface area contributed by atoms with Crippen molar-refractivity contribution in [2.45, 2.75) is 46.6 Å². The Morgan fingerprint density at radius 2 is 1.62 bits per heavy atom. The van der Waals surface area contributed by atoms with E-state index in [1.165, 1.54) is 25.9 Å². The van der Waals surface area contributed by atoms with Crippen molar-refractivity contribution in [1.29, 1.82) is 0 Å². The highest BCUT2D eigenvalue weighted by atomic mass is 15.2. The minimum absolute atomic E-state index is 0.670. The molecule has 0 N–H and O–H groups in total. The summed E-state index contributed by atoms with van der Waals surface area (Å²) in [6.07, 6.45) is 2.90. The van der Waals surface area contributed by atoms with Gasteiger partial charge in [-0.1, -0.05) is 20.8 Å². The third kappa shape index (κ3) is 1.63. The highest BCUT2D eigenvalue weighted by Crippen LogP contribution is 2.50. The van der Waals surface area contributed by atoms with Crippen molar-refractivity contribution in [2.24, 2.45) is 17.3 Å². The molecular formula is C12H23N. The molecule has 3 atom stereocenters. The Kier molecular flexibility index (Phi) is 2.18. The Balaban J connectivity index is 1.95. The Morgan fingerprint density at radius 3 is 2.00 bits per heavy atom. The van der Waals surface area contributed by atoms with Crippen LogP contribution in [-0.2, 0) is 0 Å². The van der Waals surface area contributed by atoms with Gasteiger partial charge in [0.2, 0.25) is 0 Å². The summed E-state index contributed by atoms with van der Waals surface area (Å²) in [6, 6.07) is 0.819. The number of hydrogen-bond acceptors (Lipinski definition) is 1. The van der Waals surface area contributed by atoms with Crippen LogP contribution in [0.1, 0.15) is 40.5 Å². The van der Waals surface area contributed by atoms with E-state index in [9.17, 15) is 0 Å². The third-order valence-corrected chi connectivity index (χ3v) is 4.61. The topological polar surface area (TPSA) is 3.24 Å². The van der Waals surface area contributed by atoms with Crippen molar-refractivity contribution in [3.8, 4) is 0 Å². The molecule has 0 aromatic rings. The quantitative estimate of drug-likeness (QED) is 0.633. The van der Waals surface area contributed by atoms with Gasteiger partial charge in [0.1, 0.15) is 0 Å². The maximum absolute atomic E-state index is 2.71. The van der Waals surface area contributed by atoms with E-state index in [0.29, 0.717) is 5.41 Å². The average molecular weight is 181 g/mol. The minimum Gasteiger partial charge on any atom is -0.300 e. The van der Waals surface area contributed by atoms with Crippen LogP contribution in [0.5, 0.6) is 0 Å². The van der Waals surface area contributed by atoms with E-state index in [2.05, 4.69) is 32.6 Å². The van der Waals surface area contributed by atoms with Gasteiger partial charge in [0.05, 0.1) is 0 Å². The molecule has 2 fully saturated rings. The number of likely N-dealkylation sites (tertiary alicyclic amines) is 1. The summed E-state index contributed by atoms with van der Waals surface area (Å²) in [5.41, 5.74) is 0.670. The van der Waals surface area contributed by atoms with Gasteiger partial charge in [0, 0.05) is 19.1 Å². The van der Waals surface area contributed by atoms with Gasteiger partial charge in [-0.3, -0.25) is 4.90 Å². The Hall–Kier alpha value is -0.0400. The number of rotatable bonds is 2. The number of hydrogen-bond donors (Lipinski definition) is 0. The fourth-order valence-corrected chi connectivity index (χ4v) is 2.55. The summed E-state index contributed by atoms with van der Waals surface area (Å²) < 4.78 is 0. The summed E-state index contributed by atoms with van der Waals surface area (Å²) in [6.45, 7) is 12.3.